The van der Waals surface area contributed by atoms with Crippen LogP contribution in [-0.2, 0) is 20.8 Å². The minimum absolute atomic E-state index is 0.0192. The fourth-order valence-corrected chi connectivity index (χ4v) is 1.82. The molecule has 0 aliphatic carbocycles. The van der Waals surface area contributed by atoms with E-state index in [9.17, 15) is 4.79 Å². The Labute approximate surface area is 105 Å². The lowest BCUT2D eigenvalue weighted by atomic mass is 10.5. The van der Waals surface area contributed by atoms with E-state index in [4.69, 9.17) is 9.47 Å². The lowest BCUT2D eigenvalue weighted by Crippen LogP contribution is -2.21. The third-order valence-corrected chi connectivity index (χ3v) is 2.74. The lowest BCUT2D eigenvalue weighted by Gasteiger charge is -2.04. The number of carbonyl (C=O) groups is 1. The van der Waals surface area contributed by atoms with Crippen LogP contribution in [0.15, 0.2) is 5.38 Å². The van der Waals surface area contributed by atoms with Crippen molar-refractivity contribution in [2.75, 3.05) is 26.4 Å². The molecule has 0 unspecified atom stereocenters. The van der Waals surface area contributed by atoms with Crippen LogP contribution in [0.4, 0.5) is 0 Å². The number of rotatable bonds is 8. The van der Waals surface area contributed by atoms with Crippen LogP contribution in [0.3, 0.4) is 0 Å². The maximum Gasteiger partial charge on any atom is 0.332 e. The Morgan fingerprint density at radius 1 is 1.59 bits per heavy atom. The van der Waals surface area contributed by atoms with Gasteiger partial charge in [-0.25, -0.2) is 9.78 Å². The third kappa shape index (κ3) is 6.35. The van der Waals surface area contributed by atoms with Gasteiger partial charge in [0.25, 0.3) is 0 Å². The second-order valence-electron chi connectivity index (χ2n) is 3.39. The Hall–Kier alpha value is -0.980. The molecule has 0 radical (unpaired) electrons. The topological polar surface area (TPSA) is 60.5 Å². The Balaban J connectivity index is 1.96. The number of ether oxygens (including phenoxy) is 2. The summed E-state index contributed by atoms with van der Waals surface area (Å²) in [5, 5.41) is 6.29. The molecule has 0 saturated heterocycles. The Bertz CT molecular complexity index is 341. The molecule has 1 N–H and O–H groups in total. The van der Waals surface area contributed by atoms with Crippen molar-refractivity contribution in [1.29, 1.82) is 0 Å². The monoisotopic (exact) mass is 258 g/mol. The van der Waals surface area contributed by atoms with E-state index in [1.807, 2.05) is 12.3 Å². The fraction of sp³-hybridized carbons (Fsp3) is 0.636. The molecule has 6 heteroatoms. The highest BCUT2D eigenvalue weighted by molar-refractivity contribution is 7.09. The first kappa shape index (κ1) is 14.1. The van der Waals surface area contributed by atoms with Crippen LogP contribution in [0.5, 0.6) is 0 Å². The smallest absolute Gasteiger partial charge is 0.332 e. The second-order valence-corrected chi connectivity index (χ2v) is 4.45. The zero-order chi connectivity index (χ0) is 12.5. The van der Waals surface area contributed by atoms with Crippen molar-refractivity contribution in [3.8, 4) is 0 Å². The summed E-state index contributed by atoms with van der Waals surface area (Å²) in [5.41, 5.74) is 1.04. The van der Waals surface area contributed by atoms with Crippen molar-refractivity contribution < 1.29 is 14.3 Å². The molecular formula is C11H18N2O3S. The molecule has 1 aromatic heterocycles. The Morgan fingerprint density at radius 3 is 3.06 bits per heavy atom. The van der Waals surface area contributed by atoms with E-state index < -0.39 is 0 Å². The summed E-state index contributed by atoms with van der Waals surface area (Å²) in [6.07, 6.45) is 0. The molecule has 0 bridgehead atoms. The predicted octanol–water partition coefficient (Wildman–Crippen LogP) is 1.12. The van der Waals surface area contributed by atoms with E-state index in [1.165, 1.54) is 0 Å². The van der Waals surface area contributed by atoms with Gasteiger partial charge in [-0.05, 0) is 13.8 Å². The Morgan fingerprint density at radius 2 is 2.41 bits per heavy atom. The second kappa shape index (κ2) is 8.16. The molecule has 5 nitrogen and oxygen atoms in total. The highest BCUT2D eigenvalue weighted by Crippen LogP contribution is 2.06. The number of nitrogens with one attached hydrogen (secondary N) is 1. The van der Waals surface area contributed by atoms with Gasteiger partial charge in [0.05, 0.1) is 23.9 Å². The molecule has 0 fully saturated rings. The van der Waals surface area contributed by atoms with E-state index in [0.717, 1.165) is 17.2 Å². The summed E-state index contributed by atoms with van der Waals surface area (Å²) in [5.74, 6) is -0.317. The quantitative estimate of drug-likeness (QED) is 0.559. The van der Waals surface area contributed by atoms with Crippen molar-refractivity contribution in [2.24, 2.45) is 0 Å². The summed E-state index contributed by atoms with van der Waals surface area (Å²) in [6, 6.07) is 0. The van der Waals surface area contributed by atoms with Crippen LogP contribution >= 0.6 is 11.3 Å². The van der Waals surface area contributed by atoms with Gasteiger partial charge in [0.1, 0.15) is 6.61 Å². The van der Waals surface area contributed by atoms with Crippen LogP contribution in [0.25, 0.3) is 0 Å². The maximum absolute atomic E-state index is 10.9. The third-order valence-electron chi connectivity index (χ3n) is 1.92. The molecule has 0 aromatic carbocycles. The number of nitrogens with zero attached hydrogens (tertiary/aromatic N) is 1. The molecule has 0 aliphatic heterocycles. The molecule has 0 amide bonds. The number of esters is 1. The molecule has 0 saturated carbocycles. The summed E-state index contributed by atoms with van der Waals surface area (Å²) >= 11 is 1.64. The van der Waals surface area contributed by atoms with Crippen LogP contribution < -0.4 is 5.32 Å². The van der Waals surface area contributed by atoms with Crippen molar-refractivity contribution >= 4 is 17.3 Å². The van der Waals surface area contributed by atoms with Crippen LogP contribution in [-0.4, -0.2) is 37.3 Å². The summed E-state index contributed by atoms with van der Waals surface area (Å²) in [4.78, 5) is 15.2. The zero-order valence-electron chi connectivity index (χ0n) is 10.2. The molecule has 0 aliphatic rings. The van der Waals surface area contributed by atoms with Crippen molar-refractivity contribution in [3.63, 3.8) is 0 Å². The van der Waals surface area contributed by atoms with Gasteiger partial charge >= 0.3 is 5.97 Å². The average Bonchev–Trinajstić information content (AvgIpc) is 2.70. The lowest BCUT2D eigenvalue weighted by molar-refractivity contribution is -0.148. The maximum atomic E-state index is 10.9. The van der Waals surface area contributed by atoms with Crippen LogP contribution in [0, 0.1) is 6.92 Å². The molecule has 0 atom stereocenters. The number of hydrogen-bond acceptors (Lipinski definition) is 6. The number of hydrogen-bond donors (Lipinski definition) is 1. The van der Waals surface area contributed by atoms with Gasteiger partial charge < -0.3 is 14.8 Å². The minimum Gasteiger partial charge on any atom is -0.464 e. The number of thiazole rings is 1. The van der Waals surface area contributed by atoms with Crippen molar-refractivity contribution in [2.45, 2.75) is 20.4 Å². The van der Waals surface area contributed by atoms with E-state index >= 15 is 0 Å². The first-order valence-corrected chi connectivity index (χ1v) is 6.45. The van der Waals surface area contributed by atoms with Gasteiger partial charge in [-0.15, -0.1) is 11.3 Å². The standard InChI is InChI=1S/C11H18N2O3S/c1-3-16-11(14)7-15-5-4-12-6-10-8-17-9(2)13-10/h8,12H,3-7H2,1-2H3. The largest absolute Gasteiger partial charge is 0.464 e. The van der Waals surface area contributed by atoms with Crippen molar-refractivity contribution in [1.82, 2.24) is 10.3 Å². The molecule has 1 heterocycles. The van der Waals surface area contributed by atoms with Gasteiger partial charge in [-0.1, -0.05) is 0 Å². The van der Waals surface area contributed by atoms with E-state index in [2.05, 4.69) is 10.3 Å². The molecule has 1 rings (SSSR count). The first-order valence-electron chi connectivity index (χ1n) is 5.57. The molecule has 96 valence electrons. The van der Waals surface area contributed by atoms with E-state index in [1.54, 1.807) is 18.3 Å². The SMILES string of the molecule is CCOC(=O)COCCNCc1csc(C)n1. The summed E-state index contributed by atoms with van der Waals surface area (Å²) in [6.45, 7) is 6.08. The summed E-state index contributed by atoms with van der Waals surface area (Å²) < 4.78 is 9.86. The molecule has 17 heavy (non-hydrogen) atoms. The van der Waals surface area contributed by atoms with Gasteiger partial charge in [0.2, 0.25) is 0 Å². The zero-order valence-corrected chi connectivity index (χ0v) is 11.0. The predicted molar refractivity (Wildman–Crippen MR) is 66.0 cm³/mol. The highest BCUT2D eigenvalue weighted by Gasteiger charge is 2.01. The van der Waals surface area contributed by atoms with Gasteiger partial charge in [-0.3, -0.25) is 0 Å². The fourth-order valence-electron chi connectivity index (χ4n) is 1.21. The number of aryl methyl sites for hydroxylation is 1. The average molecular weight is 258 g/mol. The van der Waals surface area contributed by atoms with Gasteiger partial charge in [0, 0.05) is 18.5 Å². The van der Waals surface area contributed by atoms with Gasteiger partial charge in [-0.2, -0.15) is 0 Å². The summed E-state index contributed by atoms with van der Waals surface area (Å²) in [7, 11) is 0. The normalized spacial score (nSPS) is 10.5. The van der Waals surface area contributed by atoms with Crippen molar-refractivity contribution in [3.05, 3.63) is 16.1 Å². The molecular weight excluding hydrogens is 240 g/mol. The highest BCUT2D eigenvalue weighted by atomic mass is 32.1. The molecule has 0 spiro atoms. The van der Waals surface area contributed by atoms with E-state index in [-0.39, 0.29) is 12.6 Å². The van der Waals surface area contributed by atoms with Crippen LogP contribution in [0.2, 0.25) is 0 Å². The minimum atomic E-state index is -0.317. The van der Waals surface area contributed by atoms with Crippen LogP contribution in [0.1, 0.15) is 17.6 Å². The Kier molecular flexibility index (Phi) is 6.76. The number of carbonyl (C=O) groups excluding carboxylic acids is 1. The van der Waals surface area contributed by atoms with Gasteiger partial charge in [0.15, 0.2) is 0 Å². The number of aromatic nitrogens is 1. The molecule has 1 aromatic rings. The van der Waals surface area contributed by atoms with E-state index in [0.29, 0.717) is 19.8 Å². The first-order chi connectivity index (χ1) is 8.22.